The van der Waals surface area contributed by atoms with Crippen LogP contribution in [0.25, 0.3) is 0 Å². The lowest BCUT2D eigenvalue weighted by Crippen LogP contribution is -2.18. The summed E-state index contributed by atoms with van der Waals surface area (Å²) in [5.74, 6) is -3.07. The second-order valence-electron chi connectivity index (χ2n) is 4.75. The van der Waals surface area contributed by atoms with Crippen LogP contribution < -0.4 is 10.1 Å². The predicted octanol–water partition coefficient (Wildman–Crippen LogP) is 3.96. The fraction of sp³-hybridized carbons (Fsp3) is 0.250. The summed E-state index contributed by atoms with van der Waals surface area (Å²) in [6, 6.07) is 9.43. The van der Waals surface area contributed by atoms with Crippen LogP contribution in [0.4, 0.5) is 13.2 Å². The van der Waals surface area contributed by atoms with Crippen molar-refractivity contribution in [1.29, 1.82) is 0 Å². The van der Waals surface area contributed by atoms with Crippen LogP contribution in [0.15, 0.2) is 36.4 Å². The molecule has 0 saturated heterocycles. The Morgan fingerprint density at radius 3 is 2.38 bits per heavy atom. The third-order valence-electron chi connectivity index (χ3n) is 3.25. The maximum absolute atomic E-state index is 13.1. The highest BCUT2D eigenvalue weighted by molar-refractivity contribution is 5.30. The second-order valence-corrected chi connectivity index (χ2v) is 4.75. The van der Waals surface area contributed by atoms with Gasteiger partial charge in [0, 0.05) is 12.6 Å². The molecular formula is C16H16F3NO. The third-order valence-corrected chi connectivity index (χ3v) is 3.25. The van der Waals surface area contributed by atoms with Gasteiger partial charge in [-0.25, -0.2) is 13.2 Å². The van der Waals surface area contributed by atoms with Crippen molar-refractivity contribution in [1.82, 2.24) is 5.32 Å². The molecule has 21 heavy (non-hydrogen) atoms. The standard InChI is InChI=1S/C16H16F3NO/c1-10(12-4-3-5-13(8-12)21-2)20-9-11-6-14(17)16(19)15(18)7-11/h3-8,10,20H,9H2,1-2H3. The molecule has 0 fully saturated rings. The molecule has 0 saturated carbocycles. The molecule has 0 amide bonds. The van der Waals surface area contributed by atoms with Gasteiger partial charge in [0.1, 0.15) is 5.75 Å². The van der Waals surface area contributed by atoms with E-state index < -0.39 is 17.5 Å². The molecule has 1 unspecified atom stereocenters. The summed E-state index contributed by atoms with van der Waals surface area (Å²) in [5, 5.41) is 3.13. The summed E-state index contributed by atoms with van der Waals surface area (Å²) in [6.45, 7) is 2.15. The van der Waals surface area contributed by atoms with Crippen molar-refractivity contribution in [3.8, 4) is 5.75 Å². The summed E-state index contributed by atoms with van der Waals surface area (Å²) < 4.78 is 44.3. The number of halogens is 3. The first-order valence-corrected chi connectivity index (χ1v) is 6.52. The van der Waals surface area contributed by atoms with Crippen LogP contribution in [-0.4, -0.2) is 7.11 Å². The average molecular weight is 295 g/mol. The Morgan fingerprint density at radius 1 is 1.10 bits per heavy atom. The van der Waals surface area contributed by atoms with Gasteiger partial charge >= 0.3 is 0 Å². The van der Waals surface area contributed by atoms with E-state index in [1.807, 2.05) is 31.2 Å². The van der Waals surface area contributed by atoms with E-state index in [4.69, 9.17) is 4.74 Å². The number of hydrogen-bond donors (Lipinski definition) is 1. The first-order chi connectivity index (χ1) is 10.0. The minimum absolute atomic E-state index is 0.0451. The maximum Gasteiger partial charge on any atom is 0.194 e. The van der Waals surface area contributed by atoms with Gasteiger partial charge in [0.15, 0.2) is 17.5 Å². The van der Waals surface area contributed by atoms with Crippen molar-refractivity contribution in [3.05, 3.63) is 65.0 Å². The summed E-state index contributed by atoms with van der Waals surface area (Å²) in [5.41, 5.74) is 1.33. The van der Waals surface area contributed by atoms with E-state index in [-0.39, 0.29) is 12.6 Å². The predicted molar refractivity (Wildman–Crippen MR) is 74.6 cm³/mol. The van der Waals surface area contributed by atoms with Crippen molar-refractivity contribution in [3.63, 3.8) is 0 Å². The number of methoxy groups -OCH3 is 1. The van der Waals surface area contributed by atoms with E-state index in [0.29, 0.717) is 5.56 Å². The molecule has 2 rings (SSSR count). The largest absolute Gasteiger partial charge is 0.497 e. The summed E-state index contributed by atoms with van der Waals surface area (Å²) >= 11 is 0. The Balaban J connectivity index is 2.05. The monoisotopic (exact) mass is 295 g/mol. The number of rotatable bonds is 5. The molecule has 5 heteroatoms. The fourth-order valence-corrected chi connectivity index (χ4v) is 2.01. The second kappa shape index (κ2) is 6.63. The fourth-order valence-electron chi connectivity index (χ4n) is 2.01. The van der Waals surface area contributed by atoms with Crippen LogP contribution >= 0.6 is 0 Å². The van der Waals surface area contributed by atoms with E-state index in [9.17, 15) is 13.2 Å². The van der Waals surface area contributed by atoms with Gasteiger partial charge < -0.3 is 10.1 Å². The minimum atomic E-state index is -1.44. The molecule has 0 bridgehead atoms. The number of nitrogens with one attached hydrogen (secondary N) is 1. The summed E-state index contributed by atoms with van der Waals surface area (Å²) in [7, 11) is 1.58. The zero-order chi connectivity index (χ0) is 15.4. The minimum Gasteiger partial charge on any atom is -0.497 e. The first-order valence-electron chi connectivity index (χ1n) is 6.52. The highest BCUT2D eigenvalue weighted by Crippen LogP contribution is 2.20. The highest BCUT2D eigenvalue weighted by Gasteiger charge is 2.11. The lowest BCUT2D eigenvalue weighted by molar-refractivity contribution is 0.413. The van der Waals surface area contributed by atoms with Crippen molar-refractivity contribution in [2.24, 2.45) is 0 Å². The number of benzene rings is 2. The van der Waals surface area contributed by atoms with Gasteiger partial charge in [0.05, 0.1) is 7.11 Å². The smallest absolute Gasteiger partial charge is 0.194 e. The molecule has 1 N–H and O–H groups in total. The molecule has 2 aromatic carbocycles. The van der Waals surface area contributed by atoms with Crippen molar-refractivity contribution < 1.29 is 17.9 Å². The van der Waals surface area contributed by atoms with E-state index in [1.165, 1.54) is 0 Å². The lowest BCUT2D eigenvalue weighted by Gasteiger charge is -2.15. The first kappa shape index (κ1) is 15.4. The molecule has 0 aliphatic heterocycles. The van der Waals surface area contributed by atoms with Crippen LogP contribution in [0.5, 0.6) is 5.75 Å². The zero-order valence-electron chi connectivity index (χ0n) is 11.8. The van der Waals surface area contributed by atoms with Gasteiger partial charge in [-0.15, -0.1) is 0 Å². The normalized spacial score (nSPS) is 12.2. The van der Waals surface area contributed by atoms with Gasteiger partial charge in [-0.2, -0.15) is 0 Å². The number of ether oxygens (including phenoxy) is 1. The quantitative estimate of drug-likeness (QED) is 0.843. The van der Waals surface area contributed by atoms with Gasteiger partial charge in [-0.05, 0) is 42.3 Å². The van der Waals surface area contributed by atoms with E-state index in [1.54, 1.807) is 7.11 Å². The van der Waals surface area contributed by atoms with Gasteiger partial charge in [0.2, 0.25) is 0 Å². The molecule has 1 atom stereocenters. The van der Waals surface area contributed by atoms with Gasteiger partial charge in [-0.1, -0.05) is 12.1 Å². The Kier molecular flexibility index (Phi) is 4.85. The molecule has 112 valence electrons. The Morgan fingerprint density at radius 2 is 1.76 bits per heavy atom. The average Bonchev–Trinajstić information content (AvgIpc) is 2.50. The molecule has 0 radical (unpaired) electrons. The van der Waals surface area contributed by atoms with Crippen LogP contribution in [0.1, 0.15) is 24.1 Å². The maximum atomic E-state index is 13.1. The number of hydrogen-bond acceptors (Lipinski definition) is 2. The van der Waals surface area contributed by atoms with Crippen molar-refractivity contribution >= 4 is 0 Å². The Bertz CT molecular complexity index is 608. The lowest BCUT2D eigenvalue weighted by atomic mass is 10.1. The molecule has 0 aliphatic carbocycles. The zero-order valence-corrected chi connectivity index (χ0v) is 11.8. The summed E-state index contributed by atoms with van der Waals surface area (Å²) in [4.78, 5) is 0. The highest BCUT2D eigenvalue weighted by atomic mass is 19.2. The Hall–Kier alpha value is -2.01. The van der Waals surface area contributed by atoms with E-state index in [2.05, 4.69) is 5.32 Å². The van der Waals surface area contributed by atoms with Crippen LogP contribution in [-0.2, 0) is 6.54 Å². The molecular weight excluding hydrogens is 279 g/mol. The van der Waals surface area contributed by atoms with Crippen LogP contribution in [0.2, 0.25) is 0 Å². The topological polar surface area (TPSA) is 21.3 Å². The van der Waals surface area contributed by atoms with Crippen molar-refractivity contribution in [2.75, 3.05) is 7.11 Å². The molecule has 0 aliphatic rings. The third kappa shape index (κ3) is 3.76. The van der Waals surface area contributed by atoms with Crippen molar-refractivity contribution in [2.45, 2.75) is 19.5 Å². The molecule has 0 aromatic heterocycles. The SMILES string of the molecule is COc1cccc(C(C)NCc2cc(F)c(F)c(F)c2)c1. The van der Waals surface area contributed by atoms with Gasteiger partial charge in [-0.3, -0.25) is 0 Å². The van der Waals surface area contributed by atoms with E-state index in [0.717, 1.165) is 23.4 Å². The molecule has 0 heterocycles. The molecule has 0 spiro atoms. The summed E-state index contributed by atoms with van der Waals surface area (Å²) in [6.07, 6.45) is 0. The van der Waals surface area contributed by atoms with E-state index >= 15 is 0 Å². The Labute approximate surface area is 121 Å². The van der Waals surface area contributed by atoms with Gasteiger partial charge in [0.25, 0.3) is 0 Å². The van der Waals surface area contributed by atoms with Crippen LogP contribution in [0, 0.1) is 17.5 Å². The van der Waals surface area contributed by atoms with Crippen LogP contribution in [0.3, 0.4) is 0 Å². The molecule has 2 nitrogen and oxygen atoms in total. The molecule has 2 aromatic rings.